The first-order chi connectivity index (χ1) is 5.54. The summed E-state index contributed by atoms with van der Waals surface area (Å²) in [7, 11) is 0. The van der Waals surface area contributed by atoms with Crippen LogP contribution in [0.25, 0.3) is 0 Å². The van der Waals surface area contributed by atoms with Crippen molar-refractivity contribution in [1.82, 2.24) is 0 Å². The van der Waals surface area contributed by atoms with Crippen molar-refractivity contribution in [1.29, 1.82) is 0 Å². The molecule has 2 nitrogen and oxygen atoms in total. The van der Waals surface area contributed by atoms with Crippen molar-refractivity contribution in [3.8, 4) is 0 Å². The summed E-state index contributed by atoms with van der Waals surface area (Å²) in [4.78, 5) is 0. The van der Waals surface area contributed by atoms with Crippen LogP contribution >= 0.6 is 35.4 Å². The molecule has 12 heavy (non-hydrogen) atoms. The molecule has 0 heterocycles. The molecule has 0 spiro atoms. The minimum absolute atomic E-state index is 0.0556. The number of rotatable bonds is 4. The van der Waals surface area contributed by atoms with E-state index in [4.69, 9.17) is 32.7 Å². The van der Waals surface area contributed by atoms with Gasteiger partial charge in [-0.05, 0) is 20.4 Å². The molecule has 5 heteroatoms. The van der Waals surface area contributed by atoms with Gasteiger partial charge in [-0.2, -0.15) is 0 Å². The fourth-order valence-corrected chi connectivity index (χ4v) is 0.364. The Morgan fingerprint density at radius 2 is 1.50 bits per heavy atom. The van der Waals surface area contributed by atoms with Crippen molar-refractivity contribution < 1.29 is 9.47 Å². The van der Waals surface area contributed by atoms with Gasteiger partial charge in [-0.15, -0.1) is 0 Å². The summed E-state index contributed by atoms with van der Waals surface area (Å²) >= 11 is 13.6. The van der Waals surface area contributed by atoms with Crippen LogP contribution in [0.5, 0.6) is 0 Å². The lowest BCUT2D eigenvalue weighted by molar-refractivity contribution is 0.0486. The summed E-state index contributed by atoms with van der Waals surface area (Å²) in [6.07, 6.45) is 0. The van der Waals surface area contributed by atoms with Crippen LogP contribution in [0.1, 0.15) is 13.8 Å². The zero-order chi connectivity index (χ0) is 9.98. The molecule has 0 saturated carbocycles. The van der Waals surface area contributed by atoms with Crippen LogP contribution in [0.4, 0.5) is 0 Å². The third-order valence-corrected chi connectivity index (χ3v) is 0.611. The summed E-state index contributed by atoms with van der Waals surface area (Å²) in [5.74, 6) is 0.412. The SMILES string of the molecule is C=C(OCC)OCC.S=C(Cl)Cl. The predicted molar refractivity (Wildman–Crippen MR) is 56.7 cm³/mol. The highest BCUT2D eigenvalue weighted by Crippen LogP contribution is 1.92. The molecule has 0 radical (unpaired) electrons. The molecule has 0 aliphatic rings. The smallest absolute Gasteiger partial charge is 0.271 e. The first kappa shape index (κ1) is 14.5. The van der Waals surface area contributed by atoms with Gasteiger partial charge in [0.05, 0.1) is 13.2 Å². The Morgan fingerprint density at radius 3 is 1.67 bits per heavy atom. The molecule has 0 aliphatic carbocycles. The third kappa shape index (κ3) is 22.5. The number of hydrogen-bond donors (Lipinski definition) is 0. The Kier molecular flexibility index (Phi) is 13.3. The normalized spacial score (nSPS) is 7.67. The fourth-order valence-electron chi connectivity index (χ4n) is 0.364. The molecule has 0 aromatic carbocycles. The van der Waals surface area contributed by atoms with Crippen molar-refractivity contribution in [3.63, 3.8) is 0 Å². The van der Waals surface area contributed by atoms with Gasteiger partial charge in [-0.25, -0.2) is 0 Å². The molecule has 0 rings (SSSR count). The average molecular weight is 231 g/mol. The van der Waals surface area contributed by atoms with Crippen LogP contribution in [-0.2, 0) is 9.47 Å². The Bertz CT molecular complexity index is 127. The molecule has 0 unspecified atom stereocenters. The van der Waals surface area contributed by atoms with E-state index in [0.717, 1.165) is 0 Å². The third-order valence-electron chi connectivity index (χ3n) is 0.611. The highest BCUT2D eigenvalue weighted by atomic mass is 35.5. The molecule has 0 atom stereocenters. The van der Waals surface area contributed by atoms with E-state index in [9.17, 15) is 0 Å². The maximum Gasteiger partial charge on any atom is 0.271 e. The van der Waals surface area contributed by atoms with Crippen LogP contribution < -0.4 is 0 Å². The zero-order valence-electron chi connectivity index (χ0n) is 7.10. The Hall–Kier alpha value is 0.01000. The van der Waals surface area contributed by atoms with Gasteiger partial charge >= 0.3 is 0 Å². The molecule has 0 fully saturated rings. The number of ether oxygens (including phenoxy) is 2. The Balaban J connectivity index is 0. The minimum atomic E-state index is -0.0556. The molecule has 0 aromatic heterocycles. The highest BCUT2D eigenvalue weighted by molar-refractivity contribution is 7.86. The molecular formula is C7H12Cl2O2S. The fraction of sp³-hybridized carbons (Fsp3) is 0.571. The molecular weight excluding hydrogens is 219 g/mol. The van der Waals surface area contributed by atoms with Crippen molar-refractivity contribution in [2.75, 3.05) is 13.2 Å². The standard InChI is InChI=1S/C6H12O2.CCl2S/c1-4-7-6(3)8-5-2;2-1(3)4/h3-5H2,1-2H3;. The van der Waals surface area contributed by atoms with Gasteiger partial charge in [-0.3, -0.25) is 0 Å². The summed E-state index contributed by atoms with van der Waals surface area (Å²) in [6.45, 7) is 8.52. The van der Waals surface area contributed by atoms with E-state index >= 15 is 0 Å². The maximum absolute atomic E-state index is 4.87. The highest BCUT2D eigenvalue weighted by Gasteiger charge is 1.86. The lowest BCUT2D eigenvalue weighted by Crippen LogP contribution is -1.94. The van der Waals surface area contributed by atoms with Crippen LogP contribution in [0.15, 0.2) is 12.5 Å². The van der Waals surface area contributed by atoms with Crippen molar-refractivity contribution in [2.45, 2.75) is 13.8 Å². The predicted octanol–water partition coefficient (Wildman–Crippen LogP) is 3.28. The molecule has 0 bridgehead atoms. The maximum atomic E-state index is 4.87. The van der Waals surface area contributed by atoms with E-state index in [2.05, 4.69) is 18.8 Å². The molecule has 0 aliphatic heterocycles. The van der Waals surface area contributed by atoms with Crippen LogP contribution in [-0.4, -0.2) is 17.0 Å². The molecule has 0 saturated heterocycles. The van der Waals surface area contributed by atoms with Crippen LogP contribution in [0.3, 0.4) is 0 Å². The van der Waals surface area contributed by atoms with Crippen LogP contribution in [0.2, 0.25) is 0 Å². The Morgan fingerprint density at radius 1 is 1.25 bits per heavy atom. The van der Waals surface area contributed by atoms with E-state index in [1.54, 1.807) is 0 Å². The lowest BCUT2D eigenvalue weighted by Gasteiger charge is -2.04. The molecule has 0 aromatic rings. The van der Waals surface area contributed by atoms with E-state index in [-0.39, 0.29) is 3.78 Å². The van der Waals surface area contributed by atoms with Crippen molar-refractivity contribution in [3.05, 3.63) is 12.5 Å². The molecule has 72 valence electrons. The van der Waals surface area contributed by atoms with Gasteiger partial charge in [0.2, 0.25) is 0 Å². The summed E-state index contributed by atoms with van der Waals surface area (Å²) in [6, 6.07) is 0. The zero-order valence-corrected chi connectivity index (χ0v) is 9.43. The van der Waals surface area contributed by atoms with Gasteiger partial charge in [0.25, 0.3) is 5.95 Å². The van der Waals surface area contributed by atoms with Crippen molar-refractivity contribution in [2.24, 2.45) is 0 Å². The van der Waals surface area contributed by atoms with Gasteiger partial charge in [0.15, 0.2) is 3.78 Å². The molecule has 0 N–H and O–H groups in total. The van der Waals surface area contributed by atoms with Crippen molar-refractivity contribution >= 4 is 39.2 Å². The van der Waals surface area contributed by atoms with Gasteiger partial charge in [-0.1, -0.05) is 35.4 Å². The summed E-state index contributed by atoms with van der Waals surface area (Å²) in [5, 5.41) is 0. The first-order valence-electron chi connectivity index (χ1n) is 3.34. The minimum Gasteiger partial charge on any atom is -0.466 e. The van der Waals surface area contributed by atoms with E-state index < -0.39 is 0 Å². The van der Waals surface area contributed by atoms with Gasteiger partial charge in [0.1, 0.15) is 0 Å². The molecule has 0 amide bonds. The lowest BCUT2D eigenvalue weighted by atomic mass is 10.8. The number of halogens is 2. The summed E-state index contributed by atoms with van der Waals surface area (Å²) in [5.41, 5.74) is 0. The van der Waals surface area contributed by atoms with Gasteiger partial charge in [0, 0.05) is 0 Å². The largest absolute Gasteiger partial charge is 0.466 e. The van der Waals surface area contributed by atoms with E-state index in [1.165, 1.54) is 0 Å². The van der Waals surface area contributed by atoms with Gasteiger partial charge < -0.3 is 9.47 Å². The number of hydrogen-bond acceptors (Lipinski definition) is 3. The van der Waals surface area contributed by atoms with E-state index in [1.807, 2.05) is 13.8 Å². The van der Waals surface area contributed by atoms with E-state index in [0.29, 0.717) is 19.2 Å². The first-order valence-corrected chi connectivity index (χ1v) is 4.50. The average Bonchev–Trinajstić information content (AvgIpc) is 1.87. The van der Waals surface area contributed by atoms with Crippen LogP contribution in [0, 0.1) is 0 Å². The second-order valence-corrected chi connectivity index (χ2v) is 3.27. The monoisotopic (exact) mass is 230 g/mol. The summed E-state index contributed by atoms with van der Waals surface area (Å²) < 4.78 is 9.68. The second kappa shape index (κ2) is 11.0. The quantitative estimate of drug-likeness (QED) is 0.420. The number of thiocarbonyl (C=S) groups is 1. The second-order valence-electron chi connectivity index (χ2n) is 1.46. The Labute approximate surface area is 88.4 Å². The topological polar surface area (TPSA) is 18.5 Å².